The lowest BCUT2D eigenvalue weighted by atomic mass is 10.1. The number of hydrogen-bond acceptors (Lipinski definition) is 8. The van der Waals surface area contributed by atoms with Gasteiger partial charge in [-0.05, 0) is 36.4 Å². The third-order valence-corrected chi connectivity index (χ3v) is 5.81. The minimum atomic E-state index is -4.29. The summed E-state index contributed by atoms with van der Waals surface area (Å²) in [7, 11) is -1.27. The topological polar surface area (TPSA) is 134 Å². The number of amides is 1. The summed E-state index contributed by atoms with van der Waals surface area (Å²) in [5.74, 6) is 0.603. The fourth-order valence-corrected chi connectivity index (χ4v) is 3.93. The van der Waals surface area contributed by atoms with Gasteiger partial charge >= 0.3 is 10.1 Å². The SMILES string of the molecule is COc1cccc(CNC(=O)c2ccc(OS(=O)(=O)c3cccc([N+](=O)[O-])c3)cc2)c1OC. The number of nitrogens with one attached hydrogen (secondary N) is 1. The van der Waals surface area contributed by atoms with Crippen LogP contribution in [0.3, 0.4) is 0 Å². The standard InChI is InChI=1S/C22H20N2O8S/c1-30-20-8-3-5-16(21(20)31-2)14-23-22(25)15-9-11-18(12-10-15)32-33(28,29)19-7-4-6-17(13-19)24(26)27/h3-13H,14H2,1-2H3,(H,23,25). The van der Waals surface area contributed by atoms with Crippen molar-refractivity contribution in [1.29, 1.82) is 0 Å². The monoisotopic (exact) mass is 472 g/mol. The van der Waals surface area contributed by atoms with Crippen LogP contribution >= 0.6 is 0 Å². The Labute approximate surface area is 190 Å². The molecule has 33 heavy (non-hydrogen) atoms. The number of non-ortho nitro benzene ring substituents is 1. The first kappa shape index (κ1) is 23.5. The van der Waals surface area contributed by atoms with Crippen LogP contribution in [0.5, 0.6) is 17.2 Å². The Morgan fingerprint density at radius 2 is 1.70 bits per heavy atom. The van der Waals surface area contributed by atoms with Gasteiger partial charge < -0.3 is 19.0 Å². The molecule has 0 saturated carbocycles. The average Bonchev–Trinajstić information content (AvgIpc) is 2.82. The molecular weight excluding hydrogens is 452 g/mol. The molecule has 3 aromatic carbocycles. The second kappa shape index (κ2) is 10.0. The molecule has 3 rings (SSSR count). The number of methoxy groups -OCH3 is 2. The number of hydrogen-bond donors (Lipinski definition) is 1. The number of rotatable bonds is 9. The quantitative estimate of drug-likeness (QED) is 0.285. The van der Waals surface area contributed by atoms with Crippen LogP contribution in [-0.2, 0) is 16.7 Å². The fourth-order valence-electron chi connectivity index (χ4n) is 2.96. The van der Waals surface area contributed by atoms with E-state index >= 15 is 0 Å². The Balaban J connectivity index is 1.68. The Hall–Kier alpha value is -4.12. The van der Waals surface area contributed by atoms with Crippen molar-refractivity contribution in [1.82, 2.24) is 5.32 Å². The van der Waals surface area contributed by atoms with Gasteiger partial charge in [0.05, 0.1) is 19.1 Å². The van der Waals surface area contributed by atoms with Gasteiger partial charge in [0.15, 0.2) is 11.5 Å². The van der Waals surface area contributed by atoms with Gasteiger partial charge in [0.25, 0.3) is 11.6 Å². The summed E-state index contributed by atoms with van der Waals surface area (Å²) >= 11 is 0. The van der Waals surface area contributed by atoms with Gasteiger partial charge in [-0.3, -0.25) is 14.9 Å². The number of nitrogens with zero attached hydrogens (tertiary/aromatic N) is 1. The number of nitro benzene ring substituents is 1. The third-order valence-electron chi connectivity index (χ3n) is 4.56. The molecule has 172 valence electrons. The molecule has 0 aromatic heterocycles. The Bertz CT molecular complexity index is 1270. The number of para-hydroxylation sites is 1. The molecular formula is C22H20N2O8S. The van der Waals surface area contributed by atoms with E-state index in [4.69, 9.17) is 13.7 Å². The maximum atomic E-state index is 12.5. The summed E-state index contributed by atoms with van der Waals surface area (Å²) in [6.07, 6.45) is 0. The number of nitro groups is 1. The van der Waals surface area contributed by atoms with Crippen LogP contribution in [0.25, 0.3) is 0 Å². The predicted molar refractivity (Wildman–Crippen MR) is 118 cm³/mol. The van der Waals surface area contributed by atoms with Gasteiger partial charge in [-0.1, -0.05) is 18.2 Å². The minimum absolute atomic E-state index is 0.0486. The van der Waals surface area contributed by atoms with Crippen molar-refractivity contribution in [3.05, 3.63) is 88.0 Å². The smallest absolute Gasteiger partial charge is 0.339 e. The highest BCUT2D eigenvalue weighted by Crippen LogP contribution is 2.30. The normalized spacial score (nSPS) is 10.8. The first-order valence-corrected chi connectivity index (χ1v) is 10.9. The summed E-state index contributed by atoms with van der Waals surface area (Å²) in [5.41, 5.74) is 0.615. The van der Waals surface area contributed by atoms with Gasteiger partial charge in [-0.25, -0.2) is 0 Å². The minimum Gasteiger partial charge on any atom is -0.493 e. The van der Waals surface area contributed by atoms with E-state index in [1.807, 2.05) is 0 Å². The number of carbonyl (C=O) groups is 1. The van der Waals surface area contributed by atoms with E-state index in [2.05, 4.69) is 5.32 Å². The fraction of sp³-hybridized carbons (Fsp3) is 0.136. The van der Waals surface area contributed by atoms with Crippen LogP contribution in [0.4, 0.5) is 5.69 Å². The summed E-state index contributed by atoms with van der Waals surface area (Å²) in [4.78, 5) is 22.3. The van der Waals surface area contributed by atoms with Crippen LogP contribution in [0.15, 0.2) is 71.6 Å². The zero-order valence-corrected chi connectivity index (χ0v) is 18.5. The van der Waals surface area contributed by atoms with Crippen molar-refractivity contribution >= 4 is 21.7 Å². The molecule has 1 amide bonds. The van der Waals surface area contributed by atoms with E-state index < -0.39 is 20.9 Å². The average molecular weight is 472 g/mol. The summed E-state index contributed by atoms with van der Waals surface area (Å²) in [6.45, 7) is 0.179. The molecule has 0 spiro atoms. The van der Waals surface area contributed by atoms with Gasteiger partial charge in [0, 0.05) is 29.8 Å². The van der Waals surface area contributed by atoms with Crippen molar-refractivity contribution in [2.45, 2.75) is 11.4 Å². The maximum absolute atomic E-state index is 12.5. The summed E-state index contributed by atoms with van der Waals surface area (Å²) in [6, 6.07) is 15.3. The van der Waals surface area contributed by atoms with Crippen molar-refractivity contribution in [3.63, 3.8) is 0 Å². The second-order valence-electron chi connectivity index (χ2n) is 6.65. The van der Waals surface area contributed by atoms with Crippen LogP contribution in [-0.4, -0.2) is 33.5 Å². The Morgan fingerprint density at radius 1 is 1.00 bits per heavy atom. The van der Waals surface area contributed by atoms with E-state index in [0.29, 0.717) is 17.1 Å². The van der Waals surface area contributed by atoms with Crippen LogP contribution < -0.4 is 19.0 Å². The Morgan fingerprint density at radius 3 is 2.33 bits per heavy atom. The number of benzene rings is 3. The van der Waals surface area contributed by atoms with Crippen molar-refractivity contribution in [2.75, 3.05) is 14.2 Å². The molecule has 0 unspecified atom stereocenters. The summed E-state index contributed by atoms with van der Waals surface area (Å²) < 4.78 is 40.4. The number of ether oxygens (including phenoxy) is 2. The molecule has 0 radical (unpaired) electrons. The zero-order chi connectivity index (χ0) is 24.0. The maximum Gasteiger partial charge on any atom is 0.339 e. The van der Waals surface area contributed by atoms with Gasteiger partial charge in [0.1, 0.15) is 10.6 Å². The van der Waals surface area contributed by atoms with E-state index in [9.17, 15) is 23.3 Å². The molecule has 0 aliphatic rings. The molecule has 0 heterocycles. The lowest BCUT2D eigenvalue weighted by Gasteiger charge is -2.13. The highest BCUT2D eigenvalue weighted by Gasteiger charge is 2.20. The molecule has 3 aromatic rings. The lowest BCUT2D eigenvalue weighted by molar-refractivity contribution is -0.385. The molecule has 0 atom stereocenters. The molecule has 10 nitrogen and oxygen atoms in total. The Kier molecular flexibility index (Phi) is 7.13. The van der Waals surface area contributed by atoms with Gasteiger partial charge in [-0.15, -0.1) is 0 Å². The van der Waals surface area contributed by atoms with E-state index in [1.54, 1.807) is 18.2 Å². The van der Waals surface area contributed by atoms with Crippen LogP contribution in [0, 0.1) is 10.1 Å². The largest absolute Gasteiger partial charge is 0.493 e. The molecule has 0 bridgehead atoms. The van der Waals surface area contributed by atoms with Gasteiger partial charge in [-0.2, -0.15) is 8.42 Å². The van der Waals surface area contributed by atoms with E-state index in [1.165, 1.54) is 56.7 Å². The van der Waals surface area contributed by atoms with Gasteiger partial charge in [0.2, 0.25) is 0 Å². The zero-order valence-electron chi connectivity index (χ0n) is 17.7. The third kappa shape index (κ3) is 5.57. The van der Waals surface area contributed by atoms with Crippen molar-refractivity contribution < 1.29 is 31.8 Å². The first-order chi connectivity index (χ1) is 15.7. The summed E-state index contributed by atoms with van der Waals surface area (Å²) in [5, 5.41) is 13.6. The predicted octanol–water partition coefficient (Wildman–Crippen LogP) is 3.31. The van der Waals surface area contributed by atoms with Crippen LogP contribution in [0.2, 0.25) is 0 Å². The molecule has 0 aliphatic carbocycles. The van der Waals surface area contributed by atoms with Crippen molar-refractivity contribution in [3.8, 4) is 17.2 Å². The highest BCUT2D eigenvalue weighted by atomic mass is 32.2. The number of carbonyl (C=O) groups excluding carboxylic acids is 1. The van der Waals surface area contributed by atoms with E-state index in [0.717, 1.165) is 6.07 Å². The highest BCUT2D eigenvalue weighted by molar-refractivity contribution is 7.87. The molecule has 0 saturated heterocycles. The lowest BCUT2D eigenvalue weighted by Crippen LogP contribution is -2.23. The van der Waals surface area contributed by atoms with Crippen molar-refractivity contribution in [2.24, 2.45) is 0 Å². The molecule has 0 aliphatic heterocycles. The first-order valence-electron chi connectivity index (χ1n) is 9.52. The van der Waals surface area contributed by atoms with E-state index in [-0.39, 0.29) is 28.4 Å². The molecule has 0 fully saturated rings. The molecule has 11 heteroatoms. The molecule has 1 N–H and O–H groups in total. The van der Waals surface area contributed by atoms with Crippen LogP contribution in [0.1, 0.15) is 15.9 Å². The second-order valence-corrected chi connectivity index (χ2v) is 8.20.